The maximum Gasteiger partial charge on any atom is 2.00 e. The Balaban J connectivity index is -0.0000000800. The van der Waals surface area contributed by atoms with E-state index in [0.717, 1.165) is 0 Å². The molecular weight excluding hydrogens is 180 g/mol. The van der Waals surface area contributed by atoms with Crippen LogP contribution in [0.4, 0.5) is 0 Å². The summed E-state index contributed by atoms with van der Waals surface area (Å²) in [6.07, 6.45) is 0. The van der Waals surface area contributed by atoms with Crippen LogP contribution in [-0.4, -0.2) is 66.8 Å². The van der Waals surface area contributed by atoms with Crippen LogP contribution >= 0.6 is 0 Å². The fraction of sp³-hybridized carbons (Fsp3) is 0. The molecule has 0 rings (SSSR count). The van der Waals surface area contributed by atoms with E-state index in [0.29, 0.717) is 0 Å². The first-order valence-corrected chi connectivity index (χ1v) is 2.49. The van der Waals surface area contributed by atoms with Crippen LogP contribution in [0.3, 0.4) is 0 Å². The molecule has 0 aliphatic carbocycles. The van der Waals surface area contributed by atoms with Gasteiger partial charge in [-0.3, -0.25) is 13.2 Å². The third-order valence-corrected chi connectivity index (χ3v) is 0. The molecule has 0 atom stereocenters. The summed E-state index contributed by atoms with van der Waals surface area (Å²) in [5, 5.41) is 6.89. The van der Waals surface area contributed by atoms with Gasteiger partial charge >= 0.3 is 37.7 Å². The zero-order chi connectivity index (χ0) is 7.21. The van der Waals surface area contributed by atoms with Gasteiger partial charge in [-0.05, 0) is 0 Å². The summed E-state index contributed by atoms with van der Waals surface area (Å²) in [7, 11) is -5.17. The predicted octanol–water partition coefficient (Wildman–Crippen LogP) is -2.02. The van der Waals surface area contributed by atoms with E-state index in [-0.39, 0.29) is 44.2 Å². The average Bonchev–Trinajstić information content (AvgIpc) is 1.27. The first kappa shape index (κ1) is 16.3. The molecule has 8 heteroatoms. The van der Waals surface area contributed by atoms with E-state index in [2.05, 4.69) is 0 Å². The number of carbonyl (C=O) groups is 1. The van der Waals surface area contributed by atoms with Crippen molar-refractivity contribution in [1.29, 1.82) is 0 Å². The number of rotatable bonds is 0. The molecule has 0 unspecified atom stereocenters. The minimum absolute atomic E-state index is 0. The molecule has 9 heavy (non-hydrogen) atoms. The summed E-state index contributed by atoms with van der Waals surface area (Å²) in [5.74, 6) is 0. The Morgan fingerprint density at radius 1 is 1.33 bits per heavy atom. The van der Waals surface area contributed by atoms with E-state index in [9.17, 15) is 0 Å². The van der Waals surface area contributed by atoms with Crippen LogP contribution in [0.15, 0.2) is 0 Å². The van der Waals surface area contributed by atoms with Crippen LogP contribution in [0, 0.1) is 0 Å². The predicted molar refractivity (Wildman–Crippen MR) is 24.9 cm³/mol. The largest absolute Gasteiger partial charge is 2.00 e. The molecule has 50 valence electrons. The smallest absolute Gasteiger partial charge is 0.759 e. The molecule has 0 radical (unpaired) electrons. The Bertz CT molecular complexity index is 127. The van der Waals surface area contributed by atoms with E-state index in [4.69, 9.17) is 27.4 Å². The first-order chi connectivity index (χ1) is 3.41. The molecular formula is CH2CaO6S. The molecule has 0 fully saturated rings. The van der Waals surface area contributed by atoms with Crippen molar-refractivity contribution in [2.45, 2.75) is 0 Å². The van der Waals surface area contributed by atoms with Crippen molar-refractivity contribution in [3.63, 3.8) is 0 Å². The van der Waals surface area contributed by atoms with Gasteiger partial charge in [0.05, 0.1) is 0 Å². The molecule has 0 saturated carbocycles. The summed E-state index contributed by atoms with van der Waals surface area (Å²) < 4.78 is 34.1. The zero-order valence-electron chi connectivity index (χ0n) is 4.18. The van der Waals surface area contributed by atoms with E-state index in [1.165, 1.54) is 0 Å². The van der Waals surface area contributed by atoms with Gasteiger partial charge < -0.3 is 14.2 Å². The van der Waals surface area contributed by atoms with Gasteiger partial charge in [0.25, 0.3) is 6.47 Å². The Morgan fingerprint density at radius 3 is 1.33 bits per heavy atom. The molecule has 0 bridgehead atoms. The third-order valence-electron chi connectivity index (χ3n) is 0. The molecule has 0 aliphatic heterocycles. The van der Waals surface area contributed by atoms with E-state index >= 15 is 0 Å². The van der Waals surface area contributed by atoms with Gasteiger partial charge in [-0.1, -0.05) is 0 Å². The first-order valence-electron chi connectivity index (χ1n) is 1.16. The molecule has 0 aromatic carbocycles. The van der Waals surface area contributed by atoms with Crippen molar-refractivity contribution >= 4 is 54.6 Å². The number of hydrogen-bond acceptors (Lipinski definition) is 5. The fourth-order valence-corrected chi connectivity index (χ4v) is 0. The molecule has 6 nitrogen and oxygen atoms in total. The standard InChI is InChI=1S/CH2O2.Ca.H2O4S/c2-1-3;;1-5(2,3)4/h1H,(H,2,3);;(H2,1,2,3,4)/q;+2;/p-2. The monoisotopic (exact) mass is 182 g/mol. The van der Waals surface area contributed by atoms with Gasteiger partial charge in [0.2, 0.25) is 0 Å². The average molecular weight is 182 g/mol. The van der Waals surface area contributed by atoms with Gasteiger partial charge in [0, 0.05) is 10.4 Å². The van der Waals surface area contributed by atoms with Crippen molar-refractivity contribution in [2.24, 2.45) is 0 Å². The maximum atomic E-state index is 8.52. The Hall–Kier alpha value is 0.600. The van der Waals surface area contributed by atoms with Crippen LogP contribution < -0.4 is 0 Å². The van der Waals surface area contributed by atoms with Crippen molar-refractivity contribution in [3.8, 4) is 0 Å². The second-order valence-corrected chi connectivity index (χ2v) is 1.33. The molecule has 0 aliphatic rings. The molecule has 1 N–H and O–H groups in total. The SMILES string of the molecule is O=CO.O=S(=O)([O-])[O-].[Ca+2]. The van der Waals surface area contributed by atoms with E-state index < -0.39 is 10.4 Å². The second kappa shape index (κ2) is 8.60. The van der Waals surface area contributed by atoms with Gasteiger partial charge in [-0.25, -0.2) is 0 Å². The topological polar surface area (TPSA) is 118 Å². The van der Waals surface area contributed by atoms with Gasteiger partial charge in [-0.15, -0.1) is 0 Å². The summed E-state index contributed by atoms with van der Waals surface area (Å²) >= 11 is 0. The van der Waals surface area contributed by atoms with Crippen LogP contribution in [0.2, 0.25) is 0 Å². The van der Waals surface area contributed by atoms with E-state index in [1.54, 1.807) is 0 Å². The van der Waals surface area contributed by atoms with Crippen LogP contribution in [0.5, 0.6) is 0 Å². The Morgan fingerprint density at radius 2 is 1.33 bits per heavy atom. The molecule has 0 heterocycles. The minimum atomic E-state index is -5.17. The number of carboxylic acid groups (broad SMARTS) is 1. The summed E-state index contributed by atoms with van der Waals surface area (Å²) in [6.45, 7) is -0.250. The fourth-order valence-electron chi connectivity index (χ4n) is 0. The molecule has 0 saturated heterocycles. The zero-order valence-corrected chi connectivity index (χ0v) is 7.21. The van der Waals surface area contributed by atoms with Crippen molar-refractivity contribution in [2.75, 3.05) is 0 Å². The number of hydrogen-bond donors (Lipinski definition) is 1. The summed E-state index contributed by atoms with van der Waals surface area (Å²) in [5.41, 5.74) is 0. The Kier molecular flexibility index (Phi) is 15.6. The van der Waals surface area contributed by atoms with Gasteiger partial charge in [-0.2, -0.15) is 0 Å². The molecule has 0 spiro atoms. The van der Waals surface area contributed by atoms with Crippen LogP contribution in [0.25, 0.3) is 0 Å². The van der Waals surface area contributed by atoms with Crippen LogP contribution in [-0.2, 0) is 15.2 Å². The van der Waals surface area contributed by atoms with Gasteiger partial charge in [0.15, 0.2) is 0 Å². The van der Waals surface area contributed by atoms with Crippen molar-refractivity contribution in [3.05, 3.63) is 0 Å². The Labute approximate surface area is 81.4 Å². The summed E-state index contributed by atoms with van der Waals surface area (Å²) in [4.78, 5) is 8.36. The third kappa shape index (κ3) is 1040. The quantitative estimate of drug-likeness (QED) is 0.200. The van der Waals surface area contributed by atoms with Crippen molar-refractivity contribution in [1.82, 2.24) is 0 Å². The molecule has 0 aromatic rings. The van der Waals surface area contributed by atoms with Crippen LogP contribution in [0.1, 0.15) is 0 Å². The van der Waals surface area contributed by atoms with Gasteiger partial charge in [0.1, 0.15) is 0 Å². The second-order valence-electron chi connectivity index (χ2n) is 0.514. The maximum absolute atomic E-state index is 8.52. The molecule has 0 aromatic heterocycles. The summed E-state index contributed by atoms with van der Waals surface area (Å²) in [6, 6.07) is 0. The van der Waals surface area contributed by atoms with Crippen molar-refractivity contribution < 1.29 is 27.4 Å². The van der Waals surface area contributed by atoms with E-state index in [1.807, 2.05) is 0 Å². The molecule has 0 amide bonds. The minimum Gasteiger partial charge on any atom is -0.759 e. The normalized spacial score (nSPS) is 7.78.